The van der Waals surface area contributed by atoms with Crippen molar-refractivity contribution in [3.63, 3.8) is 0 Å². The predicted molar refractivity (Wildman–Crippen MR) is 73.0 cm³/mol. The van der Waals surface area contributed by atoms with Crippen LogP contribution in [0.2, 0.25) is 5.02 Å². The zero-order chi connectivity index (χ0) is 12.7. The monoisotopic (exact) mass is 329 g/mol. The molecule has 0 aromatic heterocycles. The summed E-state index contributed by atoms with van der Waals surface area (Å²) in [7, 11) is 0. The molecule has 0 saturated carbocycles. The van der Waals surface area contributed by atoms with E-state index in [1.165, 1.54) is 0 Å². The normalized spacial score (nSPS) is 26.4. The van der Waals surface area contributed by atoms with Gasteiger partial charge in [0.1, 0.15) is 0 Å². The maximum absolute atomic E-state index is 12.6. The Kier molecular flexibility index (Phi) is 3.34. The van der Waals surface area contributed by atoms with E-state index in [1.54, 1.807) is 12.1 Å². The zero-order valence-electron chi connectivity index (χ0n) is 9.73. The van der Waals surface area contributed by atoms with Crippen molar-refractivity contribution in [2.45, 2.75) is 24.9 Å². The molecule has 0 unspecified atom stereocenters. The van der Waals surface area contributed by atoms with Gasteiger partial charge in [-0.25, -0.2) is 0 Å². The number of fused-ring (bicyclic) bond motifs is 2. The number of halogens is 2. The quantitative estimate of drug-likeness (QED) is 0.792. The van der Waals surface area contributed by atoms with Gasteiger partial charge in [-0.1, -0.05) is 27.5 Å². The fraction of sp³-hybridized carbons (Fsp3) is 0.462. The van der Waals surface area contributed by atoms with Crippen LogP contribution in [0.1, 0.15) is 23.2 Å². The second-order valence-electron chi connectivity index (χ2n) is 4.76. The molecule has 1 aromatic rings. The number of benzene rings is 1. The third-order valence-electron chi connectivity index (χ3n) is 3.63. The van der Waals surface area contributed by atoms with Crippen molar-refractivity contribution in [2.24, 2.45) is 0 Å². The molecule has 2 atom stereocenters. The van der Waals surface area contributed by atoms with Gasteiger partial charge in [0.2, 0.25) is 0 Å². The lowest BCUT2D eigenvalue weighted by molar-refractivity contribution is -0.00715. The van der Waals surface area contributed by atoms with Gasteiger partial charge in [0, 0.05) is 4.47 Å². The Labute approximate surface area is 119 Å². The molecule has 2 heterocycles. The number of morpholine rings is 1. The fourth-order valence-corrected chi connectivity index (χ4v) is 3.32. The molecular weight excluding hydrogens is 318 g/mol. The average Bonchev–Trinajstić information content (AvgIpc) is 2.61. The van der Waals surface area contributed by atoms with E-state index < -0.39 is 0 Å². The summed E-state index contributed by atoms with van der Waals surface area (Å²) in [4.78, 5) is 14.6. The highest BCUT2D eigenvalue weighted by molar-refractivity contribution is 9.10. The molecule has 1 aromatic carbocycles. The zero-order valence-corrected chi connectivity index (χ0v) is 12.1. The van der Waals surface area contributed by atoms with Gasteiger partial charge in [-0.2, -0.15) is 0 Å². The van der Waals surface area contributed by atoms with Crippen LogP contribution in [0.25, 0.3) is 0 Å². The van der Waals surface area contributed by atoms with E-state index in [2.05, 4.69) is 15.9 Å². The van der Waals surface area contributed by atoms with Crippen molar-refractivity contribution in [2.75, 3.05) is 13.2 Å². The summed E-state index contributed by atoms with van der Waals surface area (Å²) in [5, 5.41) is 0.508. The molecule has 2 aliphatic rings. The molecule has 3 nitrogen and oxygen atoms in total. The molecule has 1 amide bonds. The van der Waals surface area contributed by atoms with E-state index in [1.807, 2.05) is 11.0 Å². The summed E-state index contributed by atoms with van der Waals surface area (Å²) in [5.74, 6) is 0.0251. The van der Waals surface area contributed by atoms with Crippen LogP contribution in [-0.2, 0) is 4.74 Å². The lowest BCUT2D eigenvalue weighted by Gasteiger charge is -2.34. The second kappa shape index (κ2) is 4.83. The number of hydrogen-bond acceptors (Lipinski definition) is 2. The van der Waals surface area contributed by atoms with E-state index >= 15 is 0 Å². The molecule has 18 heavy (non-hydrogen) atoms. The molecule has 0 radical (unpaired) electrons. The van der Waals surface area contributed by atoms with E-state index in [9.17, 15) is 4.79 Å². The topological polar surface area (TPSA) is 29.5 Å². The Morgan fingerprint density at radius 3 is 2.67 bits per heavy atom. The molecule has 0 N–H and O–H groups in total. The van der Waals surface area contributed by atoms with E-state index in [-0.39, 0.29) is 18.0 Å². The number of nitrogens with zero attached hydrogens (tertiary/aromatic N) is 1. The van der Waals surface area contributed by atoms with Crippen molar-refractivity contribution < 1.29 is 9.53 Å². The number of rotatable bonds is 1. The van der Waals surface area contributed by atoms with E-state index in [0.717, 1.165) is 17.3 Å². The molecule has 96 valence electrons. The largest absolute Gasteiger partial charge is 0.377 e. The third kappa shape index (κ3) is 2.06. The van der Waals surface area contributed by atoms with Gasteiger partial charge in [0.05, 0.1) is 35.9 Å². The van der Waals surface area contributed by atoms with Gasteiger partial charge in [-0.05, 0) is 31.0 Å². The summed E-state index contributed by atoms with van der Waals surface area (Å²) < 4.78 is 6.36. The summed E-state index contributed by atoms with van der Waals surface area (Å²) in [5.41, 5.74) is 0.574. The molecule has 3 rings (SSSR count). The van der Waals surface area contributed by atoms with Crippen LogP contribution in [0.15, 0.2) is 22.7 Å². The highest BCUT2D eigenvalue weighted by Crippen LogP contribution is 2.32. The van der Waals surface area contributed by atoms with Crippen molar-refractivity contribution in [3.05, 3.63) is 33.3 Å². The van der Waals surface area contributed by atoms with Crippen LogP contribution < -0.4 is 0 Å². The van der Waals surface area contributed by atoms with Crippen LogP contribution in [0.4, 0.5) is 0 Å². The minimum absolute atomic E-state index is 0.0251. The number of hydrogen-bond donors (Lipinski definition) is 0. The van der Waals surface area contributed by atoms with Crippen LogP contribution in [0.3, 0.4) is 0 Å². The summed E-state index contributed by atoms with van der Waals surface area (Å²) in [6.07, 6.45) is 2.06. The third-order valence-corrected chi connectivity index (χ3v) is 4.46. The molecule has 5 heteroatoms. The van der Waals surface area contributed by atoms with Crippen LogP contribution in [0.5, 0.6) is 0 Å². The molecule has 2 aliphatic heterocycles. The molecule has 2 saturated heterocycles. The first kappa shape index (κ1) is 12.5. The highest BCUT2D eigenvalue weighted by atomic mass is 79.9. The Morgan fingerprint density at radius 2 is 2.00 bits per heavy atom. The number of amides is 1. The molecule has 2 fully saturated rings. The van der Waals surface area contributed by atoms with Crippen LogP contribution in [0, 0.1) is 0 Å². The van der Waals surface area contributed by atoms with E-state index in [4.69, 9.17) is 16.3 Å². The minimum atomic E-state index is 0.0251. The molecular formula is C13H13BrClNO2. The van der Waals surface area contributed by atoms with Crippen LogP contribution in [-0.4, -0.2) is 36.1 Å². The average molecular weight is 331 g/mol. The Morgan fingerprint density at radius 1 is 1.33 bits per heavy atom. The van der Waals surface area contributed by atoms with Gasteiger partial charge in [0.25, 0.3) is 5.91 Å². The van der Waals surface area contributed by atoms with Crippen molar-refractivity contribution in [3.8, 4) is 0 Å². The first-order valence-electron chi connectivity index (χ1n) is 6.02. The molecule has 2 bridgehead atoms. The summed E-state index contributed by atoms with van der Waals surface area (Å²) in [6.45, 7) is 1.29. The van der Waals surface area contributed by atoms with Gasteiger partial charge >= 0.3 is 0 Å². The summed E-state index contributed by atoms with van der Waals surface area (Å²) in [6, 6.07) is 5.81. The second-order valence-corrected chi connectivity index (χ2v) is 6.08. The molecule has 0 aliphatic carbocycles. The number of carbonyl (C=O) groups excluding carboxylic acids is 1. The Hall–Kier alpha value is -0.580. The lowest BCUT2D eigenvalue weighted by Crippen LogP contribution is -2.49. The number of ether oxygens (including phenoxy) is 1. The first-order valence-corrected chi connectivity index (χ1v) is 7.19. The van der Waals surface area contributed by atoms with Gasteiger partial charge in [-0.15, -0.1) is 0 Å². The first-order chi connectivity index (χ1) is 8.66. The Bertz CT molecular complexity index is 478. The van der Waals surface area contributed by atoms with Crippen molar-refractivity contribution in [1.29, 1.82) is 0 Å². The number of carbonyl (C=O) groups is 1. The van der Waals surface area contributed by atoms with Crippen molar-refractivity contribution in [1.82, 2.24) is 4.90 Å². The smallest absolute Gasteiger partial charge is 0.256 e. The summed E-state index contributed by atoms with van der Waals surface area (Å²) >= 11 is 9.51. The van der Waals surface area contributed by atoms with Gasteiger partial charge in [0.15, 0.2) is 0 Å². The van der Waals surface area contributed by atoms with Crippen LogP contribution >= 0.6 is 27.5 Å². The maximum atomic E-state index is 12.6. The standard InChI is InChI=1S/C13H13BrClNO2/c14-8-1-4-12(15)11(5-8)13(17)16-9-2-3-10(16)7-18-6-9/h1,4-5,9-10H,2-3,6-7H2/t9-,10-/m0/s1. The lowest BCUT2D eigenvalue weighted by atomic mass is 10.1. The predicted octanol–water partition coefficient (Wildman–Crippen LogP) is 3.11. The SMILES string of the molecule is O=C(c1cc(Br)ccc1Cl)N1[C@H]2CC[C@H]1COC2. The maximum Gasteiger partial charge on any atom is 0.256 e. The minimum Gasteiger partial charge on any atom is -0.377 e. The fourth-order valence-electron chi connectivity index (χ4n) is 2.76. The van der Waals surface area contributed by atoms with Gasteiger partial charge in [-0.3, -0.25) is 4.79 Å². The molecule has 0 spiro atoms. The van der Waals surface area contributed by atoms with Crippen molar-refractivity contribution >= 4 is 33.4 Å². The van der Waals surface area contributed by atoms with Gasteiger partial charge < -0.3 is 9.64 Å². The highest BCUT2D eigenvalue weighted by Gasteiger charge is 2.41. The Balaban J connectivity index is 1.93. The van der Waals surface area contributed by atoms with E-state index in [0.29, 0.717) is 23.8 Å².